The van der Waals surface area contributed by atoms with E-state index in [0.717, 1.165) is 5.57 Å². The topological polar surface area (TPSA) is 26.0 Å². The first-order valence-corrected chi connectivity index (χ1v) is 3.67. The Labute approximate surface area is 54.6 Å². The van der Waals surface area contributed by atoms with E-state index in [-0.39, 0.29) is 0 Å². The van der Waals surface area contributed by atoms with Crippen LogP contribution >= 0.6 is 11.8 Å². The third kappa shape index (κ3) is 3.96. The van der Waals surface area contributed by atoms with E-state index >= 15 is 0 Å². The molecule has 0 aliphatic carbocycles. The molecule has 0 aromatic rings. The highest BCUT2D eigenvalue weighted by Gasteiger charge is 1.77. The van der Waals surface area contributed by atoms with Crippen LogP contribution in [0.4, 0.5) is 0 Å². The van der Waals surface area contributed by atoms with Crippen LogP contribution in [-0.4, -0.2) is 12.8 Å². The van der Waals surface area contributed by atoms with Crippen molar-refractivity contribution in [2.75, 3.05) is 12.8 Å². The Morgan fingerprint density at radius 1 is 1.88 bits per heavy atom. The van der Waals surface area contributed by atoms with Crippen molar-refractivity contribution >= 4 is 11.8 Å². The van der Waals surface area contributed by atoms with Crippen molar-refractivity contribution in [1.29, 1.82) is 0 Å². The van der Waals surface area contributed by atoms with Crippen molar-refractivity contribution in [3.8, 4) is 0 Å². The molecule has 46 valence electrons. The third-order valence-electron chi connectivity index (χ3n) is 0.702. The zero-order valence-electron chi connectivity index (χ0n) is 5.05. The predicted octanol–water partition coefficient (Wildman–Crippen LogP) is 1.38. The molecule has 0 unspecified atom stereocenters. The van der Waals surface area contributed by atoms with Crippen LogP contribution in [0.5, 0.6) is 0 Å². The van der Waals surface area contributed by atoms with Crippen LogP contribution in [0.1, 0.15) is 0 Å². The van der Waals surface area contributed by atoms with E-state index in [1.807, 2.05) is 17.7 Å². The quantitative estimate of drug-likeness (QED) is 0.582. The molecule has 0 saturated carbocycles. The molecule has 0 saturated heterocycles. The summed E-state index contributed by atoms with van der Waals surface area (Å²) in [4.78, 5) is 0. The van der Waals surface area contributed by atoms with E-state index in [1.165, 1.54) is 0 Å². The summed E-state index contributed by atoms with van der Waals surface area (Å²) in [5, 5.41) is 1.97. The molecule has 0 aliphatic heterocycles. The molecule has 1 nitrogen and oxygen atoms in total. The largest absolute Gasteiger partial charge is 0.327 e. The lowest BCUT2D eigenvalue weighted by Crippen LogP contribution is -1.98. The first-order chi connectivity index (χ1) is 3.81. The summed E-state index contributed by atoms with van der Waals surface area (Å²) in [5.74, 6) is 0. The molecule has 0 rings (SSSR count). The minimum atomic E-state index is 0.553. The van der Waals surface area contributed by atoms with Crippen molar-refractivity contribution in [2.45, 2.75) is 0 Å². The maximum absolute atomic E-state index is 5.25. The first kappa shape index (κ1) is 7.79. The molecule has 0 amide bonds. The van der Waals surface area contributed by atoms with Gasteiger partial charge in [-0.15, -0.1) is 11.8 Å². The number of hydrogen-bond donors (Lipinski definition) is 1. The fourth-order valence-corrected chi connectivity index (χ4v) is 0.561. The second-order valence-electron chi connectivity index (χ2n) is 1.40. The van der Waals surface area contributed by atoms with E-state index in [2.05, 4.69) is 6.58 Å². The Balaban J connectivity index is 3.37. The second-order valence-corrected chi connectivity index (χ2v) is 2.14. The summed E-state index contributed by atoms with van der Waals surface area (Å²) in [7, 11) is 0. The Hall–Kier alpha value is -0.210. The summed E-state index contributed by atoms with van der Waals surface area (Å²) in [5.41, 5.74) is 6.22. The zero-order chi connectivity index (χ0) is 6.41. The van der Waals surface area contributed by atoms with Crippen LogP contribution < -0.4 is 5.73 Å². The number of nitrogens with two attached hydrogens (primary N) is 1. The average Bonchev–Trinajstić information content (AvgIpc) is 1.83. The maximum atomic E-state index is 5.25. The molecule has 0 bridgehead atoms. The smallest absolute Gasteiger partial charge is 0.0172 e. The van der Waals surface area contributed by atoms with Crippen LogP contribution in [0.2, 0.25) is 0 Å². The second kappa shape index (κ2) is 4.94. The Morgan fingerprint density at radius 2 is 2.50 bits per heavy atom. The lowest BCUT2D eigenvalue weighted by molar-refractivity contribution is 1.20. The van der Waals surface area contributed by atoms with Gasteiger partial charge < -0.3 is 5.73 Å². The minimum absolute atomic E-state index is 0.553. The van der Waals surface area contributed by atoms with Crippen LogP contribution in [0.3, 0.4) is 0 Å². The van der Waals surface area contributed by atoms with Crippen LogP contribution in [0.15, 0.2) is 23.6 Å². The third-order valence-corrected chi connectivity index (χ3v) is 1.11. The van der Waals surface area contributed by atoms with Gasteiger partial charge in [-0.25, -0.2) is 0 Å². The van der Waals surface area contributed by atoms with Gasteiger partial charge in [0, 0.05) is 6.54 Å². The van der Waals surface area contributed by atoms with Gasteiger partial charge >= 0.3 is 0 Å². The van der Waals surface area contributed by atoms with Gasteiger partial charge in [0.2, 0.25) is 0 Å². The van der Waals surface area contributed by atoms with Crippen LogP contribution in [0, 0.1) is 0 Å². The van der Waals surface area contributed by atoms with Crippen molar-refractivity contribution in [3.05, 3.63) is 23.6 Å². The van der Waals surface area contributed by atoms with Crippen molar-refractivity contribution < 1.29 is 0 Å². The lowest BCUT2D eigenvalue weighted by Gasteiger charge is -1.87. The molecule has 0 radical (unpaired) electrons. The van der Waals surface area contributed by atoms with Gasteiger partial charge in [0.15, 0.2) is 0 Å². The van der Waals surface area contributed by atoms with Gasteiger partial charge in [-0.1, -0.05) is 12.7 Å². The highest BCUT2D eigenvalue weighted by Crippen LogP contribution is 1.97. The molecular weight excluding hydrogens is 118 g/mol. The molecule has 2 N–H and O–H groups in total. The molecule has 8 heavy (non-hydrogen) atoms. The zero-order valence-corrected chi connectivity index (χ0v) is 5.87. The molecule has 0 aromatic carbocycles. The van der Waals surface area contributed by atoms with Crippen molar-refractivity contribution in [1.82, 2.24) is 0 Å². The van der Waals surface area contributed by atoms with Gasteiger partial charge in [-0.2, -0.15) is 0 Å². The SMILES string of the molecule is C=C(/C=C\SC)CN. The number of rotatable bonds is 3. The maximum Gasteiger partial charge on any atom is 0.0172 e. The standard InChI is InChI=1S/C6H11NS/c1-6(5-7)3-4-8-2/h3-4H,1,5,7H2,2H3/b4-3-. The molecule has 0 atom stereocenters. The van der Waals surface area contributed by atoms with E-state index < -0.39 is 0 Å². The van der Waals surface area contributed by atoms with E-state index in [9.17, 15) is 0 Å². The Morgan fingerprint density at radius 3 is 2.88 bits per heavy atom. The van der Waals surface area contributed by atoms with Crippen LogP contribution in [-0.2, 0) is 0 Å². The summed E-state index contributed by atoms with van der Waals surface area (Å²) >= 11 is 1.65. The van der Waals surface area contributed by atoms with Gasteiger partial charge in [0.25, 0.3) is 0 Å². The number of thioether (sulfide) groups is 1. The van der Waals surface area contributed by atoms with Gasteiger partial charge in [-0.05, 0) is 17.2 Å². The molecule has 0 fully saturated rings. The fourth-order valence-electron chi connectivity index (χ4n) is 0.232. The molecule has 0 heterocycles. The lowest BCUT2D eigenvalue weighted by atomic mass is 10.3. The highest BCUT2D eigenvalue weighted by atomic mass is 32.2. The molecule has 2 heteroatoms. The summed E-state index contributed by atoms with van der Waals surface area (Å²) in [6.45, 7) is 4.24. The monoisotopic (exact) mass is 129 g/mol. The minimum Gasteiger partial charge on any atom is -0.327 e. The predicted molar refractivity (Wildman–Crippen MR) is 40.8 cm³/mol. The summed E-state index contributed by atoms with van der Waals surface area (Å²) in [6.07, 6.45) is 3.92. The first-order valence-electron chi connectivity index (χ1n) is 2.38. The Bertz CT molecular complexity index is 96.7. The van der Waals surface area contributed by atoms with E-state index in [4.69, 9.17) is 5.73 Å². The summed E-state index contributed by atoms with van der Waals surface area (Å²) < 4.78 is 0. The summed E-state index contributed by atoms with van der Waals surface area (Å²) in [6, 6.07) is 0. The average molecular weight is 129 g/mol. The van der Waals surface area contributed by atoms with Gasteiger partial charge in [0.05, 0.1) is 0 Å². The van der Waals surface area contributed by atoms with Gasteiger partial charge in [-0.3, -0.25) is 0 Å². The van der Waals surface area contributed by atoms with E-state index in [1.54, 1.807) is 11.8 Å². The fraction of sp³-hybridized carbons (Fsp3) is 0.333. The van der Waals surface area contributed by atoms with Gasteiger partial charge in [0.1, 0.15) is 0 Å². The Kier molecular flexibility index (Phi) is 4.81. The number of hydrogen-bond acceptors (Lipinski definition) is 2. The molecule has 0 aromatic heterocycles. The van der Waals surface area contributed by atoms with Crippen LogP contribution in [0.25, 0.3) is 0 Å². The molecule has 0 spiro atoms. The van der Waals surface area contributed by atoms with Crippen molar-refractivity contribution in [3.63, 3.8) is 0 Å². The van der Waals surface area contributed by atoms with Crippen molar-refractivity contribution in [2.24, 2.45) is 5.73 Å². The molecular formula is C6H11NS. The highest BCUT2D eigenvalue weighted by molar-refractivity contribution is 8.01. The van der Waals surface area contributed by atoms with E-state index in [0.29, 0.717) is 6.54 Å². The normalized spacial score (nSPS) is 10.2. The molecule has 0 aliphatic rings.